The van der Waals surface area contributed by atoms with Crippen molar-refractivity contribution in [1.82, 2.24) is 4.41 Å². The first-order valence-electron chi connectivity index (χ1n) is 10.6. The van der Waals surface area contributed by atoms with Gasteiger partial charge in [0.1, 0.15) is 5.82 Å². The summed E-state index contributed by atoms with van der Waals surface area (Å²) in [6.07, 6.45) is 0.323. The molecule has 34 heavy (non-hydrogen) atoms. The maximum absolute atomic E-state index is 13.4. The normalized spacial score (nSPS) is 16.4. The number of hydrogen-bond donors (Lipinski definition) is 1. The summed E-state index contributed by atoms with van der Waals surface area (Å²) >= 11 is 0. The molecule has 0 unspecified atom stereocenters. The molecule has 0 amide bonds. The van der Waals surface area contributed by atoms with Gasteiger partial charge in [-0.1, -0.05) is 42.0 Å². The van der Waals surface area contributed by atoms with Crippen molar-refractivity contribution in [1.29, 1.82) is 0 Å². The van der Waals surface area contributed by atoms with Crippen molar-refractivity contribution in [2.75, 3.05) is 10.5 Å². The minimum absolute atomic E-state index is 0.0457. The summed E-state index contributed by atoms with van der Waals surface area (Å²) in [5, 5.41) is 4.46. The van der Waals surface area contributed by atoms with Crippen molar-refractivity contribution >= 4 is 31.4 Å². The van der Waals surface area contributed by atoms with Crippen LogP contribution in [-0.4, -0.2) is 32.7 Å². The second-order valence-electron chi connectivity index (χ2n) is 7.99. The van der Waals surface area contributed by atoms with Crippen LogP contribution in [0.4, 0.5) is 10.1 Å². The summed E-state index contributed by atoms with van der Waals surface area (Å²) < 4.78 is 67.4. The van der Waals surface area contributed by atoms with Crippen LogP contribution >= 0.6 is 0 Å². The Morgan fingerprint density at radius 2 is 1.56 bits per heavy atom. The van der Waals surface area contributed by atoms with E-state index in [9.17, 15) is 21.2 Å². The highest BCUT2D eigenvalue weighted by molar-refractivity contribution is 7.92. The second-order valence-corrected chi connectivity index (χ2v) is 11.8. The van der Waals surface area contributed by atoms with E-state index in [4.69, 9.17) is 0 Å². The Kier molecular flexibility index (Phi) is 6.46. The van der Waals surface area contributed by atoms with Crippen molar-refractivity contribution in [3.05, 3.63) is 95.3 Å². The van der Waals surface area contributed by atoms with E-state index in [0.717, 1.165) is 27.7 Å². The minimum atomic E-state index is -4.05. The molecule has 1 aliphatic rings. The van der Waals surface area contributed by atoms with Crippen LogP contribution in [0.1, 0.15) is 36.1 Å². The molecule has 0 bridgehead atoms. The van der Waals surface area contributed by atoms with E-state index in [1.54, 1.807) is 31.2 Å². The summed E-state index contributed by atoms with van der Waals surface area (Å²) in [6.45, 7) is 3.49. The molecular weight excluding hydrogens is 477 g/mol. The number of hydrogen-bond acceptors (Lipinski definition) is 5. The van der Waals surface area contributed by atoms with Gasteiger partial charge in [0.25, 0.3) is 10.0 Å². The average Bonchev–Trinajstić information content (AvgIpc) is 3.26. The smallest absolute Gasteiger partial charge is 0.279 e. The van der Waals surface area contributed by atoms with E-state index in [-0.39, 0.29) is 10.6 Å². The number of nitrogens with zero attached hydrogens (tertiary/aromatic N) is 2. The van der Waals surface area contributed by atoms with E-state index < -0.39 is 31.9 Å². The summed E-state index contributed by atoms with van der Waals surface area (Å²) in [5.74, 6) is -0.575. The molecule has 0 aliphatic carbocycles. The average molecular weight is 502 g/mol. The third kappa shape index (κ3) is 4.97. The predicted octanol–water partition coefficient (Wildman–Crippen LogP) is 4.44. The third-order valence-corrected chi connectivity index (χ3v) is 8.57. The van der Waals surface area contributed by atoms with Gasteiger partial charge in [0.2, 0.25) is 10.0 Å². The van der Waals surface area contributed by atoms with Gasteiger partial charge >= 0.3 is 0 Å². The third-order valence-electron chi connectivity index (χ3n) is 5.56. The first-order chi connectivity index (χ1) is 16.1. The quantitative estimate of drug-likeness (QED) is 0.518. The molecule has 1 aliphatic heterocycles. The zero-order chi connectivity index (χ0) is 24.5. The fraction of sp³-hybridized carbons (Fsp3) is 0.208. The topological polar surface area (TPSA) is 95.9 Å². The summed E-state index contributed by atoms with van der Waals surface area (Å²) in [6, 6.07) is 18.2. The van der Waals surface area contributed by atoms with Crippen LogP contribution in [-0.2, 0) is 20.0 Å². The van der Waals surface area contributed by atoms with Crippen LogP contribution in [0.5, 0.6) is 0 Å². The zero-order valence-electron chi connectivity index (χ0n) is 18.6. The summed E-state index contributed by atoms with van der Waals surface area (Å²) in [5.41, 5.74) is 3.45. The molecule has 0 saturated heterocycles. The van der Waals surface area contributed by atoms with Crippen molar-refractivity contribution in [2.24, 2.45) is 5.10 Å². The summed E-state index contributed by atoms with van der Waals surface area (Å²) in [4.78, 5) is -0.0552. The van der Waals surface area contributed by atoms with Gasteiger partial charge in [0.05, 0.1) is 22.4 Å². The Morgan fingerprint density at radius 1 is 0.941 bits per heavy atom. The first-order valence-corrected chi connectivity index (χ1v) is 13.7. The van der Waals surface area contributed by atoms with Crippen LogP contribution in [0.15, 0.2) is 82.8 Å². The molecular formula is C24H24FN3O4S2. The highest BCUT2D eigenvalue weighted by atomic mass is 32.2. The molecule has 178 valence electrons. The molecule has 3 aromatic rings. The SMILES string of the molecule is CCS(=O)(=O)Nc1ccc(C2=NN(S(=O)(=O)c3ccc(F)cc3)[C@H](c3ccc(C)cc3)C2)cc1. The lowest BCUT2D eigenvalue weighted by Crippen LogP contribution is -2.27. The molecule has 0 spiro atoms. The van der Waals surface area contributed by atoms with Crippen molar-refractivity contribution in [3.63, 3.8) is 0 Å². The molecule has 10 heteroatoms. The lowest BCUT2D eigenvalue weighted by Gasteiger charge is -2.23. The lowest BCUT2D eigenvalue weighted by molar-refractivity contribution is 0.371. The number of rotatable bonds is 7. The molecule has 3 aromatic carbocycles. The van der Waals surface area contributed by atoms with Crippen molar-refractivity contribution < 1.29 is 21.2 Å². The van der Waals surface area contributed by atoms with Gasteiger partial charge in [0.15, 0.2) is 0 Å². The highest BCUT2D eigenvalue weighted by Gasteiger charge is 2.37. The molecule has 0 saturated carbocycles. The second kappa shape index (κ2) is 9.19. The van der Waals surface area contributed by atoms with Crippen LogP contribution in [0.25, 0.3) is 0 Å². The van der Waals surface area contributed by atoms with E-state index in [1.807, 2.05) is 31.2 Å². The maximum atomic E-state index is 13.4. The van der Waals surface area contributed by atoms with Gasteiger partial charge in [-0.05, 0) is 61.4 Å². The largest absolute Gasteiger partial charge is 0.284 e. The van der Waals surface area contributed by atoms with Crippen LogP contribution in [0.3, 0.4) is 0 Å². The number of halogens is 1. The van der Waals surface area contributed by atoms with Crippen molar-refractivity contribution in [3.8, 4) is 0 Å². The number of nitrogens with one attached hydrogen (secondary N) is 1. The Balaban J connectivity index is 1.71. The Labute approximate surface area is 199 Å². The lowest BCUT2D eigenvalue weighted by atomic mass is 9.98. The van der Waals surface area contributed by atoms with Gasteiger partial charge < -0.3 is 0 Å². The van der Waals surface area contributed by atoms with E-state index >= 15 is 0 Å². The highest BCUT2D eigenvalue weighted by Crippen LogP contribution is 2.37. The zero-order valence-corrected chi connectivity index (χ0v) is 20.3. The molecule has 1 N–H and O–H groups in total. The Morgan fingerprint density at radius 3 is 2.15 bits per heavy atom. The number of aryl methyl sites for hydroxylation is 1. The molecule has 1 heterocycles. The van der Waals surface area contributed by atoms with Gasteiger partial charge in [-0.15, -0.1) is 0 Å². The standard InChI is InChI=1S/C24H24FN3O4S2/c1-3-33(29,30)27-21-12-8-18(9-13-21)23-16-24(19-6-4-17(2)5-7-19)28(26-23)34(31,32)22-14-10-20(25)11-15-22/h4-15,24,27H,3,16H2,1-2H3/t24-/m0/s1. The molecule has 1 atom stereocenters. The van der Waals surface area contributed by atoms with Gasteiger partial charge in [-0.25, -0.2) is 12.8 Å². The maximum Gasteiger partial charge on any atom is 0.279 e. The Bertz CT molecular complexity index is 1420. The number of hydrazone groups is 1. The fourth-order valence-electron chi connectivity index (χ4n) is 3.62. The van der Waals surface area contributed by atoms with Crippen LogP contribution < -0.4 is 4.72 Å². The monoisotopic (exact) mass is 501 g/mol. The van der Waals surface area contributed by atoms with E-state index in [2.05, 4.69) is 9.82 Å². The minimum Gasteiger partial charge on any atom is -0.284 e. The fourth-order valence-corrected chi connectivity index (χ4v) is 5.69. The van der Waals surface area contributed by atoms with E-state index in [1.165, 1.54) is 12.1 Å². The van der Waals surface area contributed by atoms with Crippen molar-refractivity contribution in [2.45, 2.75) is 31.2 Å². The Hall–Kier alpha value is -3.24. The first kappa shape index (κ1) is 23.9. The molecule has 7 nitrogen and oxygen atoms in total. The molecule has 0 fully saturated rings. The molecule has 0 radical (unpaired) electrons. The predicted molar refractivity (Wildman–Crippen MR) is 130 cm³/mol. The number of anilines is 1. The van der Waals surface area contributed by atoms with Gasteiger partial charge in [-0.2, -0.15) is 17.9 Å². The number of benzene rings is 3. The van der Waals surface area contributed by atoms with E-state index in [0.29, 0.717) is 23.4 Å². The van der Waals surface area contributed by atoms with Gasteiger partial charge in [0, 0.05) is 12.1 Å². The van der Waals surface area contributed by atoms with Crippen LogP contribution in [0, 0.1) is 12.7 Å². The van der Waals surface area contributed by atoms with Gasteiger partial charge in [-0.3, -0.25) is 4.72 Å². The van der Waals surface area contributed by atoms with Crippen LogP contribution in [0.2, 0.25) is 0 Å². The molecule has 4 rings (SSSR count). The summed E-state index contributed by atoms with van der Waals surface area (Å²) in [7, 11) is -7.46. The number of sulfonamides is 2. The molecule has 0 aromatic heterocycles.